The lowest BCUT2D eigenvalue weighted by atomic mass is 10.2. The Bertz CT molecular complexity index is 635. The van der Waals surface area contributed by atoms with Crippen molar-refractivity contribution in [2.45, 2.75) is 0 Å². The molecule has 0 unspecified atom stereocenters. The van der Waals surface area contributed by atoms with Crippen LogP contribution in [0.2, 0.25) is 0 Å². The molecule has 0 spiro atoms. The number of rotatable bonds is 3. The van der Waals surface area contributed by atoms with E-state index >= 15 is 0 Å². The summed E-state index contributed by atoms with van der Waals surface area (Å²) in [4.78, 5) is 24.0. The van der Waals surface area contributed by atoms with Gasteiger partial charge in [-0.05, 0) is 18.2 Å². The van der Waals surface area contributed by atoms with Crippen molar-refractivity contribution in [2.75, 3.05) is 14.1 Å². The molecule has 0 N–H and O–H groups in total. The summed E-state index contributed by atoms with van der Waals surface area (Å²) in [6.07, 6.45) is 1.94. The third-order valence-electron chi connectivity index (χ3n) is 2.61. The van der Waals surface area contributed by atoms with E-state index in [-0.39, 0.29) is 17.2 Å². The van der Waals surface area contributed by atoms with Crippen molar-refractivity contribution >= 4 is 12.2 Å². The summed E-state index contributed by atoms with van der Waals surface area (Å²) in [7, 11) is 3.22. The van der Waals surface area contributed by atoms with Crippen LogP contribution >= 0.6 is 0 Å². The van der Waals surface area contributed by atoms with Gasteiger partial charge in [-0.15, -0.1) is 0 Å². The van der Waals surface area contributed by atoms with Crippen LogP contribution in [0, 0.1) is 5.82 Å². The molecule has 0 bridgehead atoms. The number of amides is 1. The number of hydrogen-bond donors (Lipinski definition) is 0. The molecule has 0 radical (unpaired) electrons. The standard InChI is InChI=1S/C13H12FN3O2/c1-16(2)13(19)11-6-7-17(15-11)12-5-3-4-10(14)9(12)8-18/h3-8H,1-2H3. The maximum atomic E-state index is 13.5. The summed E-state index contributed by atoms with van der Waals surface area (Å²) in [5.41, 5.74) is 0.438. The molecule has 1 heterocycles. The summed E-state index contributed by atoms with van der Waals surface area (Å²) in [6, 6.07) is 5.75. The number of benzene rings is 1. The molecule has 0 atom stereocenters. The molecule has 2 rings (SSSR count). The second kappa shape index (κ2) is 5.01. The second-order valence-electron chi connectivity index (χ2n) is 4.14. The molecule has 0 aliphatic carbocycles. The fourth-order valence-corrected chi connectivity index (χ4v) is 1.64. The average Bonchev–Trinajstić information content (AvgIpc) is 2.86. The minimum atomic E-state index is -0.622. The number of carbonyl (C=O) groups excluding carboxylic acids is 2. The Balaban J connectivity index is 2.47. The normalized spacial score (nSPS) is 10.3. The van der Waals surface area contributed by atoms with Crippen LogP contribution in [0.1, 0.15) is 20.8 Å². The van der Waals surface area contributed by atoms with Gasteiger partial charge in [0.05, 0.1) is 11.3 Å². The van der Waals surface area contributed by atoms with Gasteiger partial charge in [-0.2, -0.15) is 5.10 Å². The van der Waals surface area contributed by atoms with E-state index in [1.165, 1.54) is 34.0 Å². The maximum Gasteiger partial charge on any atom is 0.273 e. The fraction of sp³-hybridized carbons (Fsp3) is 0.154. The third-order valence-corrected chi connectivity index (χ3v) is 2.61. The Hall–Kier alpha value is -2.50. The Kier molecular flexibility index (Phi) is 3.41. The van der Waals surface area contributed by atoms with Crippen LogP contribution < -0.4 is 0 Å². The molecule has 98 valence electrons. The highest BCUT2D eigenvalue weighted by atomic mass is 19.1. The van der Waals surface area contributed by atoms with Crippen LogP contribution in [0.3, 0.4) is 0 Å². The average molecular weight is 261 g/mol. The van der Waals surface area contributed by atoms with Gasteiger partial charge in [0, 0.05) is 20.3 Å². The lowest BCUT2D eigenvalue weighted by molar-refractivity contribution is 0.0821. The fourth-order valence-electron chi connectivity index (χ4n) is 1.64. The van der Waals surface area contributed by atoms with E-state index < -0.39 is 5.82 Å². The predicted molar refractivity (Wildman–Crippen MR) is 66.9 cm³/mol. The minimum Gasteiger partial charge on any atom is -0.343 e. The number of aldehydes is 1. The summed E-state index contributed by atoms with van der Waals surface area (Å²) in [5, 5.41) is 4.05. The Morgan fingerprint density at radius 1 is 1.37 bits per heavy atom. The molecule has 6 heteroatoms. The van der Waals surface area contributed by atoms with Crippen LogP contribution in [0.4, 0.5) is 4.39 Å². The van der Waals surface area contributed by atoms with Gasteiger partial charge in [0.25, 0.3) is 5.91 Å². The van der Waals surface area contributed by atoms with Gasteiger partial charge in [0.2, 0.25) is 0 Å². The van der Waals surface area contributed by atoms with Gasteiger partial charge in [-0.3, -0.25) is 9.59 Å². The molecular formula is C13H12FN3O2. The van der Waals surface area contributed by atoms with E-state index in [1.807, 2.05) is 0 Å². The Morgan fingerprint density at radius 2 is 2.11 bits per heavy atom. The van der Waals surface area contributed by atoms with Crippen molar-refractivity contribution in [3.63, 3.8) is 0 Å². The molecule has 0 saturated heterocycles. The molecule has 0 saturated carbocycles. The molecule has 0 fully saturated rings. The molecule has 0 aliphatic rings. The van der Waals surface area contributed by atoms with Crippen LogP contribution in [-0.2, 0) is 0 Å². The minimum absolute atomic E-state index is 0.0885. The first kappa shape index (κ1) is 12.9. The Labute approximate surface area is 109 Å². The van der Waals surface area contributed by atoms with Crippen molar-refractivity contribution in [3.05, 3.63) is 47.5 Å². The molecular weight excluding hydrogens is 249 g/mol. The van der Waals surface area contributed by atoms with E-state index in [1.54, 1.807) is 20.2 Å². The van der Waals surface area contributed by atoms with Crippen LogP contribution in [-0.4, -0.2) is 41.0 Å². The van der Waals surface area contributed by atoms with Crippen molar-refractivity contribution < 1.29 is 14.0 Å². The lowest BCUT2D eigenvalue weighted by Gasteiger charge is -2.08. The van der Waals surface area contributed by atoms with Crippen molar-refractivity contribution in [3.8, 4) is 5.69 Å². The van der Waals surface area contributed by atoms with Crippen molar-refractivity contribution in [1.29, 1.82) is 0 Å². The van der Waals surface area contributed by atoms with Crippen LogP contribution in [0.25, 0.3) is 5.69 Å². The quantitative estimate of drug-likeness (QED) is 0.787. The van der Waals surface area contributed by atoms with E-state index in [2.05, 4.69) is 5.10 Å². The monoisotopic (exact) mass is 261 g/mol. The highest BCUT2D eigenvalue weighted by Gasteiger charge is 2.14. The molecule has 19 heavy (non-hydrogen) atoms. The molecule has 1 aromatic heterocycles. The molecule has 1 aromatic carbocycles. The highest BCUT2D eigenvalue weighted by Crippen LogP contribution is 2.16. The topological polar surface area (TPSA) is 55.2 Å². The van der Waals surface area contributed by atoms with Gasteiger partial charge >= 0.3 is 0 Å². The van der Waals surface area contributed by atoms with Crippen LogP contribution in [0.15, 0.2) is 30.5 Å². The first-order valence-corrected chi connectivity index (χ1v) is 5.56. The van der Waals surface area contributed by atoms with E-state index in [0.29, 0.717) is 12.0 Å². The highest BCUT2D eigenvalue weighted by molar-refractivity contribution is 5.92. The van der Waals surface area contributed by atoms with Gasteiger partial charge in [-0.25, -0.2) is 9.07 Å². The smallest absolute Gasteiger partial charge is 0.273 e. The number of nitrogens with zero attached hydrogens (tertiary/aromatic N) is 3. The molecule has 1 amide bonds. The van der Waals surface area contributed by atoms with Gasteiger partial charge in [0.1, 0.15) is 5.82 Å². The van der Waals surface area contributed by atoms with Crippen LogP contribution in [0.5, 0.6) is 0 Å². The SMILES string of the molecule is CN(C)C(=O)c1ccn(-c2cccc(F)c2C=O)n1. The van der Waals surface area contributed by atoms with Gasteiger partial charge in [0.15, 0.2) is 12.0 Å². The number of aromatic nitrogens is 2. The third kappa shape index (κ3) is 2.37. The van der Waals surface area contributed by atoms with Crippen molar-refractivity contribution in [1.82, 2.24) is 14.7 Å². The maximum absolute atomic E-state index is 13.5. The van der Waals surface area contributed by atoms with E-state index in [0.717, 1.165) is 0 Å². The summed E-state index contributed by atoms with van der Waals surface area (Å²) in [6.45, 7) is 0. The molecule has 5 nitrogen and oxygen atoms in total. The predicted octanol–water partition coefficient (Wildman–Crippen LogP) is 1.53. The lowest BCUT2D eigenvalue weighted by Crippen LogP contribution is -2.22. The summed E-state index contributed by atoms with van der Waals surface area (Å²) >= 11 is 0. The number of hydrogen-bond acceptors (Lipinski definition) is 3. The molecule has 2 aromatic rings. The second-order valence-corrected chi connectivity index (χ2v) is 4.14. The zero-order valence-electron chi connectivity index (χ0n) is 10.5. The van der Waals surface area contributed by atoms with E-state index in [9.17, 15) is 14.0 Å². The summed E-state index contributed by atoms with van der Waals surface area (Å²) < 4.78 is 14.8. The molecule has 0 aliphatic heterocycles. The summed E-state index contributed by atoms with van der Waals surface area (Å²) in [5.74, 6) is -0.883. The largest absolute Gasteiger partial charge is 0.343 e. The van der Waals surface area contributed by atoms with E-state index in [4.69, 9.17) is 0 Å². The number of carbonyl (C=O) groups is 2. The first-order chi connectivity index (χ1) is 9.04. The Morgan fingerprint density at radius 3 is 2.74 bits per heavy atom. The zero-order valence-corrected chi connectivity index (χ0v) is 10.5. The van der Waals surface area contributed by atoms with Gasteiger partial charge in [-0.1, -0.05) is 6.07 Å². The van der Waals surface area contributed by atoms with Gasteiger partial charge < -0.3 is 4.90 Å². The van der Waals surface area contributed by atoms with Crippen molar-refractivity contribution in [2.24, 2.45) is 0 Å². The number of halogens is 1. The zero-order chi connectivity index (χ0) is 14.0. The first-order valence-electron chi connectivity index (χ1n) is 5.56.